The van der Waals surface area contributed by atoms with Gasteiger partial charge in [-0.3, -0.25) is 0 Å². The Morgan fingerprint density at radius 3 is 2.62 bits per heavy atom. The molecule has 134 valence electrons. The van der Waals surface area contributed by atoms with Gasteiger partial charge in [0.05, 0.1) is 6.61 Å². The molecule has 1 fully saturated rings. The van der Waals surface area contributed by atoms with Gasteiger partial charge in [-0.05, 0) is 40.5 Å². The number of piperidine rings is 1. The standard InChI is InChI=1S/C16H25ClN4O3/c1-5-23-14-19-12(17)10-13(20-14)21-8-6-11(7-9-21)18-15(22)24-16(2,3)4/h10-11H,5-9H2,1-4H3,(H,18,22). The monoisotopic (exact) mass is 356 g/mol. The van der Waals surface area contributed by atoms with E-state index in [2.05, 4.69) is 20.2 Å². The third-order valence-electron chi connectivity index (χ3n) is 3.47. The van der Waals surface area contributed by atoms with Crippen molar-refractivity contribution in [3.8, 4) is 6.01 Å². The number of amides is 1. The van der Waals surface area contributed by atoms with Crippen molar-refractivity contribution in [3.05, 3.63) is 11.2 Å². The summed E-state index contributed by atoms with van der Waals surface area (Å²) in [5.41, 5.74) is -0.488. The van der Waals surface area contributed by atoms with Crippen molar-refractivity contribution in [2.75, 3.05) is 24.6 Å². The van der Waals surface area contributed by atoms with E-state index in [9.17, 15) is 4.79 Å². The van der Waals surface area contributed by atoms with Crippen LogP contribution in [0.5, 0.6) is 6.01 Å². The van der Waals surface area contributed by atoms with Gasteiger partial charge in [0.1, 0.15) is 16.6 Å². The lowest BCUT2D eigenvalue weighted by Gasteiger charge is -2.33. The minimum atomic E-state index is -0.488. The van der Waals surface area contributed by atoms with E-state index in [1.54, 1.807) is 6.07 Å². The number of carbonyl (C=O) groups is 1. The van der Waals surface area contributed by atoms with Crippen LogP contribution < -0.4 is 15.0 Å². The molecule has 24 heavy (non-hydrogen) atoms. The van der Waals surface area contributed by atoms with Gasteiger partial charge < -0.3 is 19.7 Å². The van der Waals surface area contributed by atoms with Crippen LogP contribution in [0.2, 0.25) is 5.15 Å². The summed E-state index contributed by atoms with van der Waals surface area (Å²) in [5.74, 6) is 0.745. The van der Waals surface area contributed by atoms with E-state index >= 15 is 0 Å². The maximum atomic E-state index is 11.8. The van der Waals surface area contributed by atoms with Crippen LogP contribution in [0.15, 0.2) is 6.07 Å². The van der Waals surface area contributed by atoms with Crippen molar-refractivity contribution in [1.82, 2.24) is 15.3 Å². The largest absolute Gasteiger partial charge is 0.464 e. The van der Waals surface area contributed by atoms with Gasteiger partial charge in [0.25, 0.3) is 0 Å². The SMILES string of the molecule is CCOc1nc(Cl)cc(N2CCC(NC(=O)OC(C)(C)C)CC2)n1. The van der Waals surface area contributed by atoms with Crippen LogP contribution >= 0.6 is 11.6 Å². The molecule has 1 aliphatic heterocycles. The lowest BCUT2D eigenvalue weighted by molar-refractivity contribution is 0.0497. The number of nitrogens with one attached hydrogen (secondary N) is 1. The first kappa shape index (κ1) is 18.6. The van der Waals surface area contributed by atoms with Crippen molar-refractivity contribution >= 4 is 23.5 Å². The molecular weight excluding hydrogens is 332 g/mol. The van der Waals surface area contributed by atoms with Gasteiger partial charge in [0.15, 0.2) is 0 Å². The molecule has 0 saturated carbocycles. The zero-order valence-corrected chi connectivity index (χ0v) is 15.4. The van der Waals surface area contributed by atoms with E-state index in [0.29, 0.717) is 11.8 Å². The van der Waals surface area contributed by atoms with Crippen LogP contribution in [0.1, 0.15) is 40.5 Å². The maximum absolute atomic E-state index is 11.8. The fourth-order valence-electron chi connectivity index (χ4n) is 2.47. The normalized spacial score (nSPS) is 16.0. The van der Waals surface area contributed by atoms with Gasteiger partial charge in [-0.2, -0.15) is 9.97 Å². The fraction of sp³-hybridized carbons (Fsp3) is 0.688. The van der Waals surface area contributed by atoms with E-state index in [0.717, 1.165) is 31.7 Å². The second-order valence-corrected chi connectivity index (χ2v) is 7.06. The zero-order chi connectivity index (χ0) is 17.7. The molecule has 0 unspecified atom stereocenters. The highest BCUT2D eigenvalue weighted by Gasteiger charge is 2.24. The molecule has 0 radical (unpaired) electrons. The predicted octanol–water partition coefficient (Wildman–Crippen LogP) is 3.02. The van der Waals surface area contributed by atoms with E-state index in [1.807, 2.05) is 27.7 Å². The first-order valence-electron chi connectivity index (χ1n) is 8.18. The second kappa shape index (κ2) is 7.88. The minimum Gasteiger partial charge on any atom is -0.464 e. The molecule has 1 aromatic heterocycles. The van der Waals surface area contributed by atoms with E-state index < -0.39 is 5.60 Å². The summed E-state index contributed by atoms with van der Waals surface area (Å²) in [6.07, 6.45) is 1.25. The van der Waals surface area contributed by atoms with E-state index in [1.165, 1.54) is 0 Å². The van der Waals surface area contributed by atoms with Gasteiger partial charge in [0.2, 0.25) is 0 Å². The molecule has 1 N–H and O–H groups in total. The number of alkyl carbamates (subject to hydrolysis) is 1. The number of ether oxygens (including phenoxy) is 2. The average Bonchev–Trinajstić information content (AvgIpc) is 2.45. The Labute approximate surface area is 147 Å². The Kier molecular flexibility index (Phi) is 6.10. The van der Waals surface area contributed by atoms with Gasteiger partial charge in [0, 0.05) is 25.2 Å². The smallest absolute Gasteiger partial charge is 0.407 e. The summed E-state index contributed by atoms with van der Waals surface area (Å²) in [6, 6.07) is 2.11. The van der Waals surface area contributed by atoms with Crippen LogP contribution in [0, 0.1) is 0 Å². The number of rotatable bonds is 4. The molecule has 7 nitrogen and oxygen atoms in total. The summed E-state index contributed by atoms with van der Waals surface area (Å²) in [5, 5.41) is 3.28. The van der Waals surface area contributed by atoms with Crippen molar-refractivity contribution in [2.45, 2.75) is 52.2 Å². The molecule has 2 rings (SSSR count). The average molecular weight is 357 g/mol. The molecule has 2 heterocycles. The topological polar surface area (TPSA) is 76.6 Å². The summed E-state index contributed by atoms with van der Waals surface area (Å²) < 4.78 is 10.6. The maximum Gasteiger partial charge on any atom is 0.407 e. The highest BCUT2D eigenvalue weighted by Crippen LogP contribution is 2.23. The lowest BCUT2D eigenvalue weighted by Crippen LogP contribution is -2.46. The molecule has 1 saturated heterocycles. The molecule has 1 amide bonds. The third kappa shape index (κ3) is 5.70. The zero-order valence-electron chi connectivity index (χ0n) is 14.6. The Morgan fingerprint density at radius 2 is 2.04 bits per heavy atom. The van der Waals surface area contributed by atoms with Crippen LogP contribution in [-0.4, -0.2) is 47.4 Å². The van der Waals surface area contributed by atoms with Gasteiger partial charge >= 0.3 is 12.1 Å². The second-order valence-electron chi connectivity index (χ2n) is 6.67. The van der Waals surface area contributed by atoms with E-state index in [-0.39, 0.29) is 18.1 Å². The highest BCUT2D eigenvalue weighted by molar-refractivity contribution is 6.29. The summed E-state index contributed by atoms with van der Waals surface area (Å²) in [7, 11) is 0. The first-order chi connectivity index (χ1) is 11.3. The quantitative estimate of drug-likeness (QED) is 0.835. The number of aromatic nitrogens is 2. The molecule has 1 aromatic rings. The van der Waals surface area contributed by atoms with E-state index in [4.69, 9.17) is 21.1 Å². The molecule has 0 bridgehead atoms. The number of nitrogens with zero attached hydrogens (tertiary/aromatic N) is 3. The van der Waals surface area contributed by atoms with Crippen molar-refractivity contribution in [3.63, 3.8) is 0 Å². The van der Waals surface area contributed by atoms with Gasteiger partial charge in [-0.25, -0.2) is 4.79 Å². The summed E-state index contributed by atoms with van der Waals surface area (Å²) in [6.45, 7) is 9.44. The number of carbonyl (C=O) groups excluding carboxylic acids is 1. The van der Waals surface area contributed by atoms with Crippen molar-refractivity contribution in [2.24, 2.45) is 0 Å². The molecule has 8 heteroatoms. The Morgan fingerprint density at radius 1 is 1.38 bits per heavy atom. The third-order valence-corrected chi connectivity index (χ3v) is 3.67. The van der Waals surface area contributed by atoms with Crippen LogP contribution in [-0.2, 0) is 4.74 Å². The Bertz CT molecular complexity index is 569. The lowest BCUT2D eigenvalue weighted by atomic mass is 10.1. The first-order valence-corrected chi connectivity index (χ1v) is 8.56. The molecular formula is C16H25ClN4O3. The van der Waals surface area contributed by atoms with Crippen molar-refractivity contribution in [1.29, 1.82) is 0 Å². The molecule has 0 aliphatic carbocycles. The van der Waals surface area contributed by atoms with Crippen LogP contribution in [0.4, 0.5) is 10.6 Å². The van der Waals surface area contributed by atoms with Gasteiger partial charge in [-0.15, -0.1) is 0 Å². The number of halogens is 1. The number of hydrogen-bond donors (Lipinski definition) is 1. The number of anilines is 1. The predicted molar refractivity (Wildman–Crippen MR) is 92.8 cm³/mol. The van der Waals surface area contributed by atoms with Crippen molar-refractivity contribution < 1.29 is 14.3 Å². The van der Waals surface area contributed by atoms with Crippen LogP contribution in [0.25, 0.3) is 0 Å². The Hall–Kier alpha value is -1.76. The molecule has 0 spiro atoms. The fourth-order valence-corrected chi connectivity index (χ4v) is 2.64. The minimum absolute atomic E-state index is 0.0970. The van der Waals surface area contributed by atoms with Crippen LogP contribution in [0.3, 0.4) is 0 Å². The molecule has 0 atom stereocenters. The summed E-state index contributed by atoms with van der Waals surface area (Å²) in [4.78, 5) is 22.4. The Balaban J connectivity index is 1.90. The number of hydrogen-bond acceptors (Lipinski definition) is 6. The van der Waals surface area contributed by atoms with Gasteiger partial charge in [-0.1, -0.05) is 11.6 Å². The highest BCUT2D eigenvalue weighted by atomic mass is 35.5. The molecule has 1 aliphatic rings. The summed E-state index contributed by atoms with van der Waals surface area (Å²) >= 11 is 6.03. The molecule has 0 aromatic carbocycles.